The van der Waals surface area contributed by atoms with Crippen molar-refractivity contribution in [1.29, 1.82) is 0 Å². The molecule has 102 valence electrons. The van der Waals surface area contributed by atoms with Gasteiger partial charge in [0.2, 0.25) is 0 Å². The van der Waals surface area contributed by atoms with Crippen molar-refractivity contribution in [3.05, 3.63) is 36.9 Å². The third-order valence-corrected chi connectivity index (χ3v) is 3.85. The van der Waals surface area contributed by atoms with Gasteiger partial charge in [0.1, 0.15) is 0 Å². The van der Waals surface area contributed by atoms with Gasteiger partial charge in [-0.05, 0) is 25.8 Å². The van der Waals surface area contributed by atoms with E-state index >= 15 is 0 Å². The quantitative estimate of drug-likeness (QED) is 0.802. The molecule has 2 aromatic heterocycles. The first-order valence-corrected chi connectivity index (χ1v) is 7.10. The average molecular weight is 259 g/mol. The fraction of sp³-hybridized carbons (Fsp3) is 0.571. The second-order valence-electron chi connectivity index (χ2n) is 5.21. The van der Waals surface area contributed by atoms with Crippen molar-refractivity contribution in [2.45, 2.75) is 38.3 Å². The van der Waals surface area contributed by atoms with Crippen molar-refractivity contribution in [2.75, 3.05) is 13.1 Å². The van der Waals surface area contributed by atoms with Crippen LogP contribution in [0.2, 0.25) is 0 Å². The highest BCUT2D eigenvalue weighted by Gasteiger charge is 2.19. The van der Waals surface area contributed by atoms with Crippen molar-refractivity contribution in [2.24, 2.45) is 0 Å². The van der Waals surface area contributed by atoms with Crippen LogP contribution < -0.4 is 5.32 Å². The Morgan fingerprint density at radius 3 is 2.95 bits per heavy atom. The van der Waals surface area contributed by atoms with Crippen LogP contribution in [0.25, 0.3) is 0 Å². The molecule has 2 aromatic rings. The third-order valence-electron chi connectivity index (χ3n) is 3.85. The van der Waals surface area contributed by atoms with Gasteiger partial charge in [0.15, 0.2) is 0 Å². The normalized spacial score (nSPS) is 19.1. The fourth-order valence-electron chi connectivity index (χ4n) is 2.76. The van der Waals surface area contributed by atoms with E-state index in [0.29, 0.717) is 5.92 Å². The molecule has 1 N–H and O–H groups in total. The van der Waals surface area contributed by atoms with Gasteiger partial charge in [-0.1, -0.05) is 0 Å². The first-order chi connectivity index (χ1) is 9.43. The average Bonchev–Trinajstić information content (AvgIpc) is 3.15. The van der Waals surface area contributed by atoms with Crippen molar-refractivity contribution in [3.63, 3.8) is 0 Å². The molecule has 1 aliphatic rings. The molecule has 1 fully saturated rings. The number of nitrogens with zero attached hydrogens (tertiary/aromatic N) is 4. The van der Waals surface area contributed by atoms with Gasteiger partial charge in [-0.2, -0.15) is 0 Å². The molecule has 0 bridgehead atoms. The van der Waals surface area contributed by atoms with Crippen LogP contribution in [0.1, 0.15) is 30.9 Å². The lowest BCUT2D eigenvalue weighted by Gasteiger charge is -2.12. The number of rotatable bonds is 6. The number of hydrogen-bond acceptors (Lipinski definition) is 3. The predicted molar refractivity (Wildman–Crippen MR) is 73.9 cm³/mol. The second-order valence-corrected chi connectivity index (χ2v) is 5.21. The van der Waals surface area contributed by atoms with Crippen LogP contribution in [-0.4, -0.2) is 32.2 Å². The third kappa shape index (κ3) is 3.04. The van der Waals surface area contributed by atoms with E-state index in [0.717, 1.165) is 26.2 Å². The van der Waals surface area contributed by atoms with Crippen LogP contribution in [0.3, 0.4) is 0 Å². The number of unbranched alkanes of at least 4 members (excludes halogenated alkanes) is 1. The lowest BCUT2D eigenvalue weighted by Crippen LogP contribution is -2.11. The summed E-state index contributed by atoms with van der Waals surface area (Å²) in [4.78, 5) is 8.37. The van der Waals surface area contributed by atoms with Crippen LogP contribution in [0.4, 0.5) is 0 Å². The van der Waals surface area contributed by atoms with Crippen molar-refractivity contribution in [1.82, 2.24) is 24.4 Å². The summed E-state index contributed by atoms with van der Waals surface area (Å²) >= 11 is 0. The van der Waals surface area contributed by atoms with Crippen molar-refractivity contribution >= 4 is 0 Å². The lowest BCUT2D eigenvalue weighted by atomic mass is 10.1. The summed E-state index contributed by atoms with van der Waals surface area (Å²) in [6, 6.07) is 0. The van der Waals surface area contributed by atoms with E-state index in [1.807, 2.05) is 31.2 Å². The minimum atomic E-state index is 0.649. The van der Waals surface area contributed by atoms with Crippen LogP contribution in [0.15, 0.2) is 31.2 Å². The van der Waals surface area contributed by atoms with E-state index < -0.39 is 0 Å². The smallest absolute Gasteiger partial charge is 0.0948 e. The lowest BCUT2D eigenvalue weighted by molar-refractivity contribution is 0.531. The minimum Gasteiger partial charge on any atom is -0.337 e. The highest BCUT2D eigenvalue weighted by atomic mass is 15.1. The molecule has 0 radical (unpaired) electrons. The Balaban J connectivity index is 1.48. The molecular formula is C14H21N5. The van der Waals surface area contributed by atoms with Gasteiger partial charge in [0.05, 0.1) is 12.7 Å². The molecule has 19 heavy (non-hydrogen) atoms. The molecule has 3 rings (SSSR count). The molecule has 3 heterocycles. The largest absolute Gasteiger partial charge is 0.337 e. The zero-order valence-electron chi connectivity index (χ0n) is 11.2. The van der Waals surface area contributed by atoms with Crippen LogP contribution in [0, 0.1) is 0 Å². The summed E-state index contributed by atoms with van der Waals surface area (Å²) in [7, 11) is 0. The SMILES string of the molecule is c1cn(CCCCn2cncc2C2CCNC2)cn1. The van der Waals surface area contributed by atoms with Crippen molar-refractivity contribution < 1.29 is 0 Å². The Kier molecular flexibility index (Phi) is 3.93. The standard InChI is InChI=1S/C14H21N5/c1(6-18-8-5-16-11-18)2-7-19-12-17-10-14(19)13-3-4-15-9-13/h5,8,10-13,15H,1-4,6-7,9H2. The van der Waals surface area contributed by atoms with Gasteiger partial charge in [-0.3, -0.25) is 0 Å². The fourth-order valence-corrected chi connectivity index (χ4v) is 2.76. The molecule has 1 atom stereocenters. The Morgan fingerprint density at radius 1 is 1.21 bits per heavy atom. The summed E-state index contributed by atoms with van der Waals surface area (Å²) in [5, 5.41) is 3.42. The Labute approximate surface area is 113 Å². The maximum absolute atomic E-state index is 4.32. The summed E-state index contributed by atoms with van der Waals surface area (Å²) in [5.41, 5.74) is 1.40. The van der Waals surface area contributed by atoms with Gasteiger partial charge in [-0.25, -0.2) is 9.97 Å². The molecule has 1 saturated heterocycles. The van der Waals surface area contributed by atoms with Crippen LogP contribution >= 0.6 is 0 Å². The van der Waals surface area contributed by atoms with E-state index in [1.54, 1.807) is 0 Å². The molecule has 5 heteroatoms. The van der Waals surface area contributed by atoms with Gasteiger partial charge >= 0.3 is 0 Å². The number of imidazole rings is 2. The zero-order chi connectivity index (χ0) is 12.9. The Morgan fingerprint density at radius 2 is 2.16 bits per heavy atom. The molecule has 5 nitrogen and oxygen atoms in total. The van der Waals surface area contributed by atoms with E-state index in [2.05, 4.69) is 24.4 Å². The highest BCUT2D eigenvalue weighted by Crippen LogP contribution is 2.22. The Bertz CT molecular complexity index is 482. The van der Waals surface area contributed by atoms with E-state index in [9.17, 15) is 0 Å². The van der Waals surface area contributed by atoms with Gasteiger partial charge in [0.25, 0.3) is 0 Å². The first kappa shape index (κ1) is 12.4. The number of nitrogens with one attached hydrogen (secondary N) is 1. The first-order valence-electron chi connectivity index (χ1n) is 7.10. The van der Waals surface area contributed by atoms with E-state index in [-0.39, 0.29) is 0 Å². The van der Waals surface area contributed by atoms with Crippen LogP contribution in [0.5, 0.6) is 0 Å². The summed E-state index contributed by atoms with van der Waals surface area (Å²) < 4.78 is 4.46. The van der Waals surface area contributed by atoms with E-state index in [1.165, 1.54) is 25.0 Å². The van der Waals surface area contributed by atoms with E-state index in [4.69, 9.17) is 0 Å². The molecule has 0 spiro atoms. The monoisotopic (exact) mass is 259 g/mol. The number of hydrogen-bond donors (Lipinski definition) is 1. The van der Waals surface area contributed by atoms with Crippen molar-refractivity contribution in [3.8, 4) is 0 Å². The molecule has 1 unspecified atom stereocenters. The molecule has 0 saturated carbocycles. The summed E-state index contributed by atoms with van der Waals surface area (Å²) in [6.07, 6.45) is 13.3. The minimum absolute atomic E-state index is 0.649. The zero-order valence-corrected chi connectivity index (χ0v) is 11.2. The maximum atomic E-state index is 4.32. The van der Waals surface area contributed by atoms with Crippen LogP contribution in [-0.2, 0) is 13.1 Å². The number of aromatic nitrogens is 4. The van der Waals surface area contributed by atoms with Gasteiger partial charge in [-0.15, -0.1) is 0 Å². The topological polar surface area (TPSA) is 47.7 Å². The Hall–Kier alpha value is -1.62. The molecular weight excluding hydrogens is 238 g/mol. The molecule has 0 amide bonds. The number of aryl methyl sites for hydroxylation is 2. The molecule has 0 aliphatic carbocycles. The summed E-state index contributed by atoms with van der Waals surface area (Å²) in [6.45, 7) is 4.35. The van der Waals surface area contributed by atoms with Gasteiger partial charge < -0.3 is 14.5 Å². The highest BCUT2D eigenvalue weighted by molar-refractivity contribution is 5.09. The summed E-state index contributed by atoms with van der Waals surface area (Å²) in [5.74, 6) is 0.649. The van der Waals surface area contributed by atoms with Gasteiger partial charge in [0, 0.05) is 49.8 Å². The molecule has 0 aromatic carbocycles. The maximum Gasteiger partial charge on any atom is 0.0948 e. The second kappa shape index (κ2) is 6.02. The predicted octanol–water partition coefficient (Wildman–Crippen LogP) is 1.64. The molecule has 1 aliphatic heterocycles.